The van der Waals surface area contributed by atoms with E-state index in [2.05, 4.69) is 0 Å². The minimum atomic E-state index is -1.37. The lowest BCUT2D eigenvalue weighted by Gasteiger charge is -2.20. The van der Waals surface area contributed by atoms with Crippen LogP contribution < -0.4 is 5.73 Å². The molecular weight excluding hydrogens is 261 g/mol. The van der Waals surface area contributed by atoms with Crippen LogP contribution in [0.25, 0.3) is 0 Å². The van der Waals surface area contributed by atoms with Crippen LogP contribution in [0, 0.1) is 17.5 Å². The van der Waals surface area contributed by atoms with Crippen LogP contribution in [0.1, 0.15) is 12.0 Å². The molecule has 1 aliphatic rings. The average molecular weight is 274 g/mol. The number of carboxylic acid groups (broad SMARTS) is 1. The lowest BCUT2D eigenvalue weighted by Crippen LogP contribution is -2.50. The fraction of sp³-hybridized carbons (Fsp3) is 0.417. The van der Waals surface area contributed by atoms with Crippen LogP contribution in [0.5, 0.6) is 0 Å². The second kappa shape index (κ2) is 4.82. The first-order valence-corrected chi connectivity index (χ1v) is 5.70. The fourth-order valence-electron chi connectivity index (χ4n) is 2.15. The highest BCUT2D eigenvalue weighted by Crippen LogP contribution is 2.23. The third-order valence-corrected chi connectivity index (χ3v) is 3.29. The van der Waals surface area contributed by atoms with Crippen molar-refractivity contribution in [3.63, 3.8) is 0 Å². The van der Waals surface area contributed by atoms with E-state index in [0.717, 1.165) is 6.07 Å². The Hall–Kier alpha value is -1.60. The third kappa shape index (κ3) is 2.71. The SMILES string of the molecule is NC1(C(=O)O)CCN(Cc2cc(F)c(F)cc2F)C1. The highest BCUT2D eigenvalue weighted by Gasteiger charge is 2.41. The molecule has 1 heterocycles. The van der Waals surface area contributed by atoms with Crippen molar-refractivity contribution in [3.05, 3.63) is 35.1 Å². The van der Waals surface area contributed by atoms with Gasteiger partial charge in [0.05, 0.1) is 0 Å². The number of halogens is 3. The number of aliphatic carboxylic acids is 1. The quantitative estimate of drug-likeness (QED) is 0.810. The van der Waals surface area contributed by atoms with Crippen molar-refractivity contribution in [1.82, 2.24) is 4.90 Å². The Morgan fingerprint density at radius 1 is 1.32 bits per heavy atom. The Bertz CT molecular complexity index is 524. The minimum absolute atomic E-state index is 0.00470. The van der Waals surface area contributed by atoms with E-state index in [-0.39, 0.29) is 25.1 Å². The zero-order chi connectivity index (χ0) is 14.2. The Balaban J connectivity index is 2.12. The summed E-state index contributed by atoms with van der Waals surface area (Å²) in [6, 6.07) is 1.26. The van der Waals surface area contributed by atoms with Gasteiger partial charge in [-0.2, -0.15) is 0 Å². The van der Waals surface area contributed by atoms with E-state index in [1.807, 2.05) is 0 Å². The Kier molecular flexibility index (Phi) is 3.51. The second-order valence-corrected chi connectivity index (χ2v) is 4.78. The molecule has 4 nitrogen and oxygen atoms in total. The number of likely N-dealkylation sites (tertiary alicyclic amines) is 1. The predicted molar refractivity (Wildman–Crippen MR) is 60.8 cm³/mol. The van der Waals surface area contributed by atoms with Crippen LogP contribution in [0.3, 0.4) is 0 Å². The summed E-state index contributed by atoms with van der Waals surface area (Å²) >= 11 is 0. The van der Waals surface area contributed by atoms with Gasteiger partial charge in [-0.1, -0.05) is 0 Å². The van der Waals surface area contributed by atoms with Crippen molar-refractivity contribution in [2.75, 3.05) is 13.1 Å². The van der Waals surface area contributed by atoms with Crippen molar-refractivity contribution in [2.24, 2.45) is 5.73 Å². The molecule has 0 amide bonds. The van der Waals surface area contributed by atoms with Gasteiger partial charge in [-0.15, -0.1) is 0 Å². The van der Waals surface area contributed by atoms with Crippen molar-refractivity contribution in [2.45, 2.75) is 18.5 Å². The van der Waals surface area contributed by atoms with E-state index in [1.54, 1.807) is 4.90 Å². The third-order valence-electron chi connectivity index (χ3n) is 3.29. The second-order valence-electron chi connectivity index (χ2n) is 4.78. The normalized spacial score (nSPS) is 23.8. The van der Waals surface area contributed by atoms with Crippen LogP contribution in [-0.4, -0.2) is 34.6 Å². The molecule has 3 N–H and O–H groups in total. The molecule has 7 heteroatoms. The molecular formula is C12H13F3N2O2. The summed E-state index contributed by atoms with van der Waals surface area (Å²) in [5.74, 6) is -4.36. The summed E-state index contributed by atoms with van der Waals surface area (Å²) in [6.45, 7) is 0.400. The minimum Gasteiger partial charge on any atom is -0.480 e. The molecule has 0 saturated carbocycles. The van der Waals surface area contributed by atoms with Gasteiger partial charge in [0.2, 0.25) is 0 Å². The van der Waals surface area contributed by atoms with Gasteiger partial charge in [0.1, 0.15) is 11.4 Å². The number of nitrogens with two attached hydrogens (primary N) is 1. The Labute approximate surface area is 107 Å². The average Bonchev–Trinajstić information content (AvgIpc) is 2.69. The van der Waals surface area contributed by atoms with Crippen LogP contribution in [-0.2, 0) is 11.3 Å². The summed E-state index contributed by atoms with van der Waals surface area (Å²) < 4.78 is 39.3. The van der Waals surface area contributed by atoms with Crippen LogP contribution in [0.4, 0.5) is 13.2 Å². The van der Waals surface area contributed by atoms with Gasteiger partial charge < -0.3 is 10.8 Å². The summed E-state index contributed by atoms with van der Waals surface area (Å²) in [4.78, 5) is 12.6. The first-order valence-electron chi connectivity index (χ1n) is 5.70. The van der Waals surface area contributed by atoms with Crippen molar-refractivity contribution in [1.29, 1.82) is 0 Å². The molecule has 1 unspecified atom stereocenters. The molecule has 0 radical (unpaired) electrons. The zero-order valence-corrected chi connectivity index (χ0v) is 10.00. The largest absolute Gasteiger partial charge is 0.480 e. The molecule has 104 valence electrons. The number of carbonyl (C=O) groups is 1. The first-order chi connectivity index (χ1) is 8.82. The van der Waals surface area contributed by atoms with Gasteiger partial charge in [-0.05, 0) is 12.5 Å². The molecule has 1 aromatic rings. The molecule has 1 aliphatic heterocycles. The standard InChI is InChI=1S/C12H13F3N2O2/c13-8-4-10(15)9(14)3-7(8)5-17-2-1-12(16,6-17)11(18)19/h3-4H,1-2,5-6,16H2,(H,18,19). The fourth-order valence-corrected chi connectivity index (χ4v) is 2.15. The maximum Gasteiger partial charge on any atom is 0.325 e. The van der Waals surface area contributed by atoms with Gasteiger partial charge in [-0.25, -0.2) is 13.2 Å². The summed E-state index contributed by atoms with van der Waals surface area (Å²) in [5, 5.41) is 8.96. The van der Waals surface area contributed by atoms with E-state index < -0.39 is 29.0 Å². The molecule has 19 heavy (non-hydrogen) atoms. The Morgan fingerprint density at radius 3 is 2.53 bits per heavy atom. The first kappa shape index (κ1) is 13.8. The zero-order valence-electron chi connectivity index (χ0n) is 10.00. The van der Waals surface area contributed by atoms with Crippen LogP contribution in [0.2, 0.25) is 0 Å². The molecule has 1 atom stereocenters. The van der Waals surface area contributed by atoms with Gasteiger partial charge in [0, 0.05) is 31.3 Å². The van der Waals surface area contributed by atoms with Crippen molar-refractivity contribution < 1.29 is 23.1 Å². The van der Waals surface area contributed by atoms with E-state index >= 15 is 0 Å². The number of rotatable bonds is 3. The molecule has 2 rings (SSSR count). The van der Waals surface area contributed by atoms with Gasteiger partial charge in [-0.3, -0.25) is 9.69 Å². The number of carboxylic acids is 1. The van der Waals surface area contributed by atoms with Crippen LogP contribution in [0.15, 0.2) is 12.1 Å². The molecule has 0 spiro atoms. The molecule has 0 aromatic heterocycles. The van der Waals surface area contributed by atoms with E-state index in [1.165, 1.54) is 0 Å². The van der Waals surface area contributed by atoms with Gasteiger partial charge in [0.15, 0.2) is 11.6 Å². The lowest BCUT2D eigenvalue weighted by molar-refractivity contribution is -0.142. The smallest absolute Gasteiger partial charge is 0.325 e. The molecule has 1 fully saturated rings. The summed E-state index contributed by atoms with van der Waals surface area (Å²) in [6.07, 6.45) is 0.230. The van der Waals surface area contributed by atoms with E-state index in [9.17, 15) is 18.0 Å². The van der Waals surface area contributed by atoms with Crippen molar-refractivity contribution in [3.8, 4) is 0 Å². The summed E-state index contributed by atoms with van der Waals surface area (Å²) in [7, 11) is 0. The predicted octanol–water partition coefficient (Wildman–Crippen LogP) is 1.09. The maximum atomic E-state index is 13.5. The number of benzene rings is 1. The topological polar surface area (TPSA) is 66.6 Å². The number of hydrogen-bond donors (Lipinski definition) is 2. The van der Waals surface area contributed by atoms with Crippen LogP contribution >= 0.6 is 0 Å². The summed E-state index contributed by atoms with van der Waals surface area (Å²) in [5.41, 5.74) is 4.28. The highest BCUT2D eigenvalue weighted by atomic mass is 19.2. The van der Waals surface area contributed by atoms with E-state index in [4.69, 9.17) is 10.8 Å². The molecule has 0 aliphatic carbocycles. The van der Waals surface area contributed by atoms with Crippen molar-refractivity contribution >= 4 is 5.97 Å². The maximum absolute atomic E-state index is 13.5. The molecule has 1 aromatic carbocycles. The monoisotopic (exact) mass is 274 g/mol. The number of hydrogen-bond acceptors (Lipinski definition) is 3. The Morgan fingerprint density at radius 2 is 1.95 bits per heavy atom. The molecule has 1 saturated heterocycles. The van der Waals surface area contributed by atoms with Gasteiger partial charge in [0.25, 0.3) is 0 Å². The highest BCUT2D eigenvalue weighted by molar-refractivity contribution is 5.79. The van der Waals surface area contributed by atoms with E-state index in [0.29, 0.717) is 12.6 Å². The molecule has 0 bridgehead atoms. The van der Waals surface area contributed by atoms with Gasteiger partial charge >= 0.3 is 5.97 Å². The lowest BCUT2D eigenvalue weighted by atomic mass is 10.0. The number of nitrogens with zero attached hydrogens (tertiary/aromatic N) is 1.